The molecule has 0 saturated carbocycles. The molecule has 0 spiro atoms. The first kappa shape index (κ1) is 24.9. The van der Waals surface area contributed by atoms with Crippen molar-refractivity contribution >= 4 is 29.9 Å². The van der Waals surface area contributed by atoms with Gasteiger partial charge in [-0.3, -0.25) is 9.89 Å². The standard InChI is InChI=1S/C18H39N5O.HI/c1-6-19-18(20-9-7-8-10-22(5)16(2)3)21-15-17(4)23-11-13-24-14-12-23;/h16-17H,6-15H2,1-5H3,(H2,19,20,21);1H. The lowest BCUT2D eigenvalue weighted by Gasteiger charge is -2.31. The Morgan fingerprint density at radius 1 is 1.16 bits per heavy atom. The van der Waals surface area contributed by atoms with E-state index in [-0.39, 0.29) is 24.0 Å². The molecule has 0 bridgehead atoms. The van der Waals surface area contributed by atoms with Gasteiger partial charge in [-0.15, -0.1) is 24.0 Å². The first-order valence-corrected chi connectivity index (χ1v) is 9.58. The van der Waals surface area contributed by atoms with Crippen LogP contribution in [0.25, 0.3) is 0 Å². The van der Waals surface area contributed by atoms with Gasteiger partial charge in [0, 0.05) is 38.3 Å². The highest BCUT2D eigenvalue weighted by Gasteiger charge is 2.16. The topological polar surface area (TPSA) is 52.1 Å². The normalized spacial score (nSPS) is 17.5. The van der Waals surface area contributed by atoms with Crippen LogP contribution in [0.15, 0.2) is 4.99 Å². The fourth-order valence-electron chi connectivity index (χ4n) is 2.65. The van der Waals surface area contributed by atoms with Gasteiger partial charge in [-0.1, -0.05) is 0 Å². The zero-order chi connectivity index (χ0) is 17.8. The van der Waals surface area contributed by atoms with Gasteiger partial charge in [0.25, 0.3) is 0 Å². The summed E-state index contributed by atoms with van der Waals surface area (Å²) in [6.45, 7) is 16.4. The minimum Gasteiger partial charge on any atom is -0.379 e. The molecule has 0 aromatic heterocycles. The molecule has 7 heteroatoms. The fraction of sp³-hybridized carbons (Fsp3) is 0.944. The minimum atomic E-state index is 0. The van der Waals surface area contributed by atoms with E-state index in [4.69, 9.17) is 9.73 Å². The van der Waals surface area contributed by atoms with Crippen LogP contribution in [0.2, 0.25) is 0 Å². The molecule has 1 aliphatic heterocycles. The largest absolute Gasteiger partial charge is 0.379 e. The Balaban J connectivity index is 0.00000576. The number of nitrogens with one attached hydrogen (secondary N) is 2. The Kier molecular flexibility index (Phi) is 14.9. The average Bonchev–Trinajstić information content (AvgIpc) is 2.59. The zero-order valence-electron chi connectivity index (χ0n) is 16.9. The molecule has 6 nitrogen and oxygen atoms in total. The molecule has 0 aromatic carbocycles. The summed E-state index contributed by atoms with van der Waals surface area (Å²) in [5.41, 5.74) is 0. The second-order valence-electron chi connectivity index (χ2n) is 6.93. The number of hydrogen-bond donors (Lipinski definition) is 2. The molecule has 1 aliphatic rings. The second-order valence-corrected chi connectivity index (χ2v) is 6.93. The van der Waals surface area contributed by atoms with E-state index in [1.165, 1.54) is 12.8 Å². The maximum absolute atomic E-state index is 5.42. The van der Waals surface area contributed by atoms with E-state index in [1.54, 1.807) is 0 Å². The molecular formula is C18H40IN5O. The van der Waals surface area contributed by atoms with Gasteiger partial charge < -0.3 is 20.3 Å². The number of rotatable bonds is 10. The first-order chi connectivity index (χ1) is 11.5. The lowest BCUT2D eigenvalue weighted by Crippen LogP contribution is -2.44. The molecule has 1 rings (SSSR count). The number of ether oxygens (including phenoxy) is 1. The van der Waals surface area contributed by atoms with Gasteiger partial charge in [-0.25, -0.2) is 0 Å². The monoisotopic (exact) mass is 469 g/mol. The van der Waals surface area contributed by atoms with Crippen molar-refractivity contribution in [3.05, 3.63) is 0 Å². The molecule has 1 saturated heterocycles. The van der Waals surface area contributed by atoms with Gasteiger partial charge in [0.05, 0.1) is 19.8 Å². The third-order valence-corrected chi connectivity index (χ3v) is 4.64. The average molecular weight is 469 g/mol. The van der Waals surface area contributed by atoms with Crippen molar-refractivity contribution in [1.82, 2.24) is 20.4 Å². The summed E-state index contributed by atoms with van der Waals surface area (Å²) in [5, 5.41) is 6.80. The highest BCUT2D eigenvalue weighted by Crippen LogP contribution is 2.03. The summed E-state index contributed by atoms with van der Waals surface area (Å²) < 4.78 is 5.42. The highest BCUT2D eigenvalue weighted by atomic mass is 127. The van der Waals surface area contributed by atoms with E-state index < -0.39 is 0 Å². The molecule has 1 unspecified atom stereocenters. The molecular weight excluding hydrogens is 429 g/mol. The van der Waals surface area contributed by atoms with E-state index in [0.717, 1.165) is 58.4 Å². The van der Waals surface area contributed by atoms with E-state index in [2.05, 4.69) is 55.2 Å². The van der Waals surface area contributed by atoms with Crippen LogP contribution in [0.3, 0.4) is 0 Å². The number of halogens is 1. The third kappa shape index (κ3) is 11.2. The Labute approximate surface area is 172 Å². The van der Waals surface area contributed by atoms with Crippen molar-refractivity contribution in [3.8, 4) is 0 Å². The van der Waals surface area contributed by atoms with Gasteiger partial charge in [0.15, 0.2) is 5.96 Å². The van der Waals surface area contributed by atoms with Gasteiger partial charge in [0.2, 0.25) is 0 Å². The van der Waals surface area contributed by atoms with Gasteiger partial charge in [-0.05, 0) is 54.1 Å². The Morgan fingerprint density at radius 2 is 1.84 bits per heavy atom. The molecule has 1 fully saturated rings. The Bertz CT molecular complexity index is 348. The predicted octanol–water partition coefficient (Wildman–Crippen LogP) is 2.00. The summed E-state index contributed by atoms with van der Waals surface area (Å²) in [5.74, 6) is 0.940. The van der Waals surface area contributed by atoms with Gasteiger partial charge >= 0.3 is 0 Å². The van der Waals surface area contributed by atoms with Crippen molar-refractivity contribution < 1.29 is 4.74 Å². The van der Waals surface area contributed by atoms with E-state index >= 15 is 0 Å². The maximum Gasteiger partial charge on any atom is 0.191 e. The third-order valence-electron chi connectivity index (χ3n) is 4.64. The van der Waals surface area contributed by atoms with Crippen molar-refractivity contribution in [2.75, 3.05) is 59.5 Å². The number of morpholine rings is 1. The molecule has 0 aromatic rings. The van der Waals surface area contributed by atoms with Crippen LogP contribution in [0.5, 0.6) is 0 Å². The highest BCUT2D eigenvalue weighted by molar-refractivity contribution is 14.0. The van der Waals surface area contributed by atoms with Crippen LogP contribution in [-0.2, 0) is 4.74 Å². The second kappa shape index (κ2) is 15.0. The number of unbranched alkanes of at least 4 members (excludes halogenated alkanes) is 1. The van der Waals surface area contributed by atoms with Crippen molar-refractivity contribution in [3.63, 3.8) is 0 Å². The van der Waals surface area contributed by atoms with E-state index in [9.17, 15) is 0 Å². The maximum atomic E-state index is 5.42. The van der Waals surface area contributed by atoms with Gasteiger partial charge in [0.1, 0.15) is 0 Å². The molecule has 150 valence electrons. The smallest absolute Gasteiger partial charge is 0.191 e. The van der Waals surface area contributed by atoms with Crippen LogP contribution in [0.1, 0.15) is 40.5 Å². The number of guanidine groups is 1. The predicted molar refractivity (Wildman–Crippen MR) is 118 cm³/mol. The lowest BCUT2D eigenvalue weighted by atomic mass is 10.2. The van der Waals surface area contributed by atoms with E-state index in [0.29, 0.717) is 12.1 Å². The molecule has 0 amide bonds. The molecule has 1 atom stereocenters. The summed E-state index contributed by atoms with van der Waals surface area (Å²) in [6, 6.07) is 1.09. The molecule has 25 heavy (non-hydrogen) atoms. The molecule has 1 heterocycles. The van der Waals surface area contributed by atoms with Crippen molar-refractivity contribution in [2.24, 2.45) is 4.99 Å². The zero-order valence-corrected chi connectivity index (χ0v) is 19.2. The lowest BCUT2D eigenvalue weighted by molar-refractivity contribution is 0.0220. The van der Waals surface area contributed by atoms with E-state index in [1.807, 2.05) is 0 Å². The summed E-state index contributed by atoms with van der Waals surface area (Å²) in [7, 11) is 2.19. The Hall–Kier alpha value is -0.120. The molecule has 0 aliphatic carbocycles. The van der Waals surface area contributed by atoms with Crippen molar-refractivity contribution in [2.45, 2.75) is 52.6 Å². The van der Waals surface area contributed by atoms with Gasteiger partial charge in [-0.2, -0.15) is 0 Å². The van der Waals surface area contributed by atoms with Crippen LogP contribution in [0.4, 0.5) is 0 Å². The fourth-order valence-corrected chi connectivity index (χ4v) is 2.65. The number of hydrogen-bond acceptors (Lipinski definition) is 4. The summed E-state index contributed by atoms with van der Waals surface area (Å²) >= 11 is 0. The molecule has 0 radical (unpaired) electrons. The summed E-state index contributed by atoms with van der Waals surface area (Å²) in [4.78, 5) is 9.60. The first-order valence-electron chi connectivity index (χ1n) is 9.58. The van der Waals surface area contributed by atoms with Crippen LogP contribution in [0, 0.1) is 0 Å². The summed E-state index contributed by atoms with van der Waals surface area (Å²) in [6.07, 6.45) is 2.38. The van der Waals surface area contributed by atoms with Crippen molar-refractivity contribution in [1.29, 1.82) is 0 Å². The number of aliphatic imine (C=N–C) groups is 1. The van der Waals surface area contributed by atoms with Crippen LogP contribution >= 0.6 is 24.0 Å². The molecule has 2 N–H and O–H groups in total. The van der Waals surface area contributed by atoms with Crippen LogP contribution < -0.4 is 10.6 Å². The Morgan fingerprint density at radius 3 is 2.44 bits per heavy atom. The SMILES string of the molecule is CCNC(=NCC(C)N1CCOCC1)NCCCCN(C)C(C)C.I. The quantitative estimate of drug-likeness (QED) is 0.222. The number of nitrogens with zero attached hydrogens (tertiary/aromatic N) is 3. The van der Waals surface area contributed by atoms with Crippen LogP contribution in [-0.4, -0.2) is 87.4 Å². The minimum absolute atomic E-state index is 0.